The lowest BCUT2D eigenvalue weighted by atomic mass is 9.98. The molecule has 0 saturated carbocycles. The molecule has 0 spiro atoms. The van der Waals surface area contributed by atoms with Gasteiger partial charge in [0, 0.05) is 18.1 Å². The second kappa shape index (κ2) is 10.1. The Morgan fingerprint density at radius 2 is 1.73 bits per heavy atom. The van der Waals surface area contributed by atoms with Crippen LogP contribution in [0.1, 0.15) is 12.8 Å². The molecule has 0 unspecified atom stereocenters. The highest BCUT2D eigenvalue weighted by molar-refractivity contribution is 7.89. The van der Waals surface area contributed by atoms with Gasteiger partial charge >= 0.3 is 0 Å². The number of ether oxygens (including phenoxy) is 1. The number of carbonyl (C=O) groups excluding carboxylic acids is 1. The number of hydrogen-bond donors (Lipinski definition) is 1. The van der Waals surface area contributed by atoms with E-state index in [2.05, 4.69) is 5.32 Å². The number of sulfonamides is 1. The molecular formula is C24H22Cl2N2O4S. The smallest absolute Gasteiger partial charge is 0.244 e. The third-order valence-corrected chi connectivity index (χ3v) is 7.96. The van der Waals surface area contributed by atoms with Gasteiger partial charge in [-0.15, -0.1) is 0 Å². The average Bonchev–Trinajstić information content (AvgIpc) is 2.82. The predicted octanol–water partition coefficient (Wildman–Crippen LogP) is 5.83. The summed E-state index contributed by atoms with van der Waals surface area (Å²) in [5.74, 6) is 0.364. The monoisotopic (exact) mass is 504 g/mol. The number of nitrogens with zero attached hydrogens (tertiary/aromatic N) is 1. The molecule has 1 atom stereocenters. The number of halogens is 2. The Labute approximate surface area is 203 Å². The highest BCUT2D eigenvalue weighted by Gasteiger charge is 2.34. The zero-order valence-electron chi connectivity index (χ0n) is 17.6. The van der Waals surface area contributed by atoms with Crippen LogP contribution in [-0.2, 0) is 14.8 Å². The molecule has 1 saturated heterocycles. The van der Waals surface area contributed by atoms with Crippen LogP contribution in [-0.4, -0.2) is 31.7 Å². The van der Waals surface area contributed by atoms with Gasteiger partial charge in [-0.05, 0) is 55.3 Å². The number of para-hydroxylation sites is 3. The first-order chi connectivity index (χ1) is 15.8. The van der Waals surface area contributed by atoms with E-state index in [1.54, 1.807) is 18.2 Å². The number of amides is 1. The molecule has 0 radical (unpaired) electrons. The zero-order chi connectivity index (χ0) is 23.4. The van der Waals surface area contributed by atoms with Crippen LogP contribution in [0.4, 0.5) is 5.69 Å². The molecule has 1 fully saturated rings. The van der Waals surface area contributed by atoms with Gasteiger partial charge in [0.2, 0.25) is 15.9 Å². The minimum Gasteiger partial charge on any atom is -0.455 e. The molecule has 172 valence electrons. The molecule has 9 heteroatoms. The molecule has 1 N–H and O–H groups in total. The van der Waals surface area contributed by atoms with Crippen molar-refractivity contribution in [2.45, 2.75) is 17.7 Å². The van der Waals surface area contributed by atoms with E-state index in [1.165, 1.54) is 22.5 Å². The van der Waals surface area contributed by atoms with Gasteiger partial charge in [-0.1, -0.05) is 53.5 Å². The molecule has 0 bridgehead atoms. The van der Waals surface area contributed by atoms with Gasteiger partial charge < -0.3 is 10.1 Å². The predicted molar refractivity (Wildman–Crippen MR) is 130 cm³/mol. The first-order valence-electron chi connectivity index (χ1n) is 10.4. The molecule has 1 amide bonds. The van der Waals surface area contributed by atoms with E-state index in [0.29, 0.717) is 36.6 Å². The minimum atomic E-state index is -3.89. The van der Waals surface area contributed by atoms with Crippen LogP contribution in [0.3, 0.4) is 0 Å². The van der Waals surface area contributed by atoms with Crippen LogP contribution in [0.2, 0.25) is 10.0 Å². The normalized spacial score (nSPS) is 16.8. The van der Waals surface area contributed by atoms with Gasteiger partial charge in [-0.3, -0.25) is 4.79 Å². The van der Waals surface area contributed by atoms with E-state index in [0.717, 1.165) is 0 Å². The van der Waals surface area contributed by atoms with E-state index in [-0.39, 0.29) is 27.4 Å². The highest BCUT2D eigenvalue weighted by atomic mass is 35.5. The molecule has 6 nitrogen and oxygen atoms in total. The lowest BCUT2D eigenvalue weighted by Gasteiger charge is -2.31. The Kier molecular flexibility index (Phi) is 7.24. The third kappa shape index (κ3) is 5.50. The zero-order valence-corrected chi connectivity index (χ0v) is 19.9. The van der Waals surface area contributed by atoms with Gasteiger partial charge in [0.1, 0.15) is 10.6 Å². The van der Waals surface area contributed by atoms with E-state index in [9.17, 15) is 13.2 Å². The number of hydrogen-bond acceptors (Lipinski definition) is 4. The van der Waals surface area contributed by atoms with E-state index in [4.69, 9.17) is 27.9 Å². The fourth-order valence-corrected chi connectivity index (χ4v) is 5.96. The Morgan fingerprint density at radius 3 is 2.52 bits per heavy atom. The van der Waals surface area contributed by atoms with E-state index < -0.39 is 15.9 Å². The number of carbonyl (C=O) groups is 1. The number of piperidine rings is 1. The summed E-state index contributed by atoms with van der Waals surface area (Å²) in [4.78, 5) is 13.0. The number of anilines is 1. The molecule has 33 heavy (non-hydrogen) atoms. The van der Waals surface area contributed by atoms with Crippen LogP contribution in [0, 0.1) is 5.92 Å². The second-order valence-electron chi connectivity index (χ2n) is 7.68. The summed E-state index contributed by atoms with van der Waals surface area (Å²) in [5.41, 5.74) is 0.518. The second-order valence-corrected chi connectivity index (χ2v) is 10.4. The van der Waals surface area contributed by atoms with Gasteiger partial charge in [0.05, 0.1) is 16.6 Å². The van der Waals surface area contributed by atoms with Crippen LogP contribution >= 0.6 is 23.2 Å². The standard InChI is InChI=1S/C24H22Cl2N2O4S/c25-18-12-13-20(26)23(15-18)33(30,31)28-14-6-7-17(16-28)24(29)27-21-10-4-5-11-22(21)32-19-8-2-1-3-9-19/h1-5,8-13,15,17H,6-7,14,16H2,(H,27,29)/t17-/m0/s1. The van der Waals surface area contributed by atoms with Crippen molar-refractivity contribution in [3.05, 3.63) is 82.8 Å². The van der Waals surface area contributed by atoms with Gasteiger partial charge in [-0.25, -0.2) is 8.42 Å². The maximum Gasteiger partial charge on any atom is 0.244 e. The first kappa shape index (κ1) is 23.6. The maximum atomic E-state index is 13.2. The Hall–Kier alpha value is -2.58. The van der Waals surface area contributed by atoms with Crippen LogP contribution in [0.5, 0.6) is 11.5 Å². The minimum absolute atomic E-state index is 0.0543. The number of benzene rings is 3. The van der Waals surface area contributed by atoms with Crippen molar-refractivity contribution in [3.8, 4) is 11.5 Å². The number of rotatable bonds is 6. The van der Waals surface area contributed by atoms with Crippen molar-refractivity contribution in [2.24, 2.45) is 5.92 Å². The Balaban J connectivity index is 1.49. The Morgan fingerprint density at radius 1 is 1.00 bits per heavy atom. The van der Waals surface area contributed by atoms with Crippen molar-refractivity contribution >= 4 is 44.8 Å². The first-order valence-corrected chi connectivity index (χ1v) is 12.6. The third-order valence-electron chi connectivity index (χ3n) is 5.38. The van der Waals surface area contributed by atoms with Gasteiger partial charge in [0.25, 0.3) is 0 Å². The van der Waals surface area contributed by atoms with E-state index >= 15 is 0 Å². The van der Waals surface area contributed by atoms with E-state index in [1.807, 2.05) is 36.4 Å². The Bertz CT molecular complexity index is 1250. The summed E-state index contributed by atoms with van der Waals surface area (Å²) < 4.78 is 33.6. The lowest BCUT2D eigenvalue weighted by Crippen LogP contribution is -2.43. The molecule has 1 heterocycles. The van der Waals surface area contributed by atoms with Gasteiger partial charge in [0.15, 0.2) is 5.75 Å². The quantitative estimate of drug-likeness (QED) is 0.458. The molecule has 1 aliphatic rings. The average molecular weight is 505 g/mol. The molecule has 1 aliphatic heterocycles. The molecule has 3 aromatic rings. The van der Waals surface area contributed by atoms with Gasteiger partial charge in [-0.2, -0.15) is 4.31 Å². The van der Waals surface area contributed by atoms with Crippen LogP contribution in [0.15, 0.2) is 77.7 Å². The van der Waals surface area contributed by atoms with Crippen molar-refractivity contribution in [2.75, 3.05) is 18.4 Å². The van der Waals surface area contributed by atoms with Crippen LogP contribution in [0.25, 0.3) is 0 Å². The summed E-state index contributed by atoms with van der Waals surface area (Å²) in [6.07, 6.45) is 1.13. The van der Waals surface area contributed by atoms with Crippen molar-refractivity contribution in [3.63, 3.8) is 0 Å². The summed E-state index contributed by atoms with van der Waals surface area (Å²) >= 11 is 12.1. The highest BCUT2D eigenvalue weighted by Crippen LogP contribution is 2.32. The SMILES string of the molecule is O=C(Nc1ccccc1Oc1ccccc1)[C@H]1CCCN(S(=O)(=O)c2cc(Cl)ccc2Cl)C1. The molecule has 3 aromatic carbocycles. The molecular weight excluding hydrogens is 483 g/mol. The topological polar surface area (TPSA) is 75.7 Å². The van der Waals surface area contributed by atoms with Crippen LogP contribution < -0.4 is 10.1 Å². The summed E-state index contributed by atoms with van der Waals surface area (Å²) in [7, 11) is -3.89. The maximum absolute atomic E-state index is 13.2. The van der Waals surface area contributed by atoms with Crippen molar-refractivity contribution in [1.29, 1.82) is 0 Å². The molecule has 0 aliphatic carbocycles. The van der Waals surface area contributed by atoms with Crippen molar-refractivity contribution in [1.82, 2.24) is 4.31 Å². The fraction of sp³-hybridized carbons (Fsp3) is 0.208. The van der Waals surface area contributed by atoms with Crippen molar-refractivity contribution < 1.29 is 17.9 Å². The molecule has 4 rings (SSSR count). The number of nitrogens with one attached hydrogen (secondary N) is 1. The summed E-state index contributed by atoms with van der Waals surface area (Å²) in [5, 5.41) is 3.27. The summed E-state index contributed by atoms with van der Waals surface area (Å²) in [6.45, 7) is 0.362. The molecule has 0 aromatic heterocycles. The lowest BCUT2D eigenvalue weighted by molar-refractivity contribution is -0.120. The largest absolute Gasteiger partial charge is 0.455 e. The fourth-order valence-electron chi connectivity index (χ4n) is 3.70. The summed E-state index contributed by atoms with van der Waals surface area (Å²) in [6, 6.07) is 20.7.